The summed E-state index contributed by atoms with van der Waals surface area (Å²) in [5, 5.41) is 8.13. The van der Waals surface area contributed by atoms with Crippen molar-refractivity contribution in [2.45, 2.75) is 33.2 Å². The molecule has 1 saturated carbocycles. The van der Waals surface area contributed by atoms with Gasteiger partial charge in [-0.15, -0.1) is 5.10 Å². The lowest BCUT2D eigenvalue weighted by atomic mass is 10.1. The van der Waals surface area contributed by atoms with E-state index in [2.05, 4.69) is 41.1 Å². The van der Waals surface area contributed by atoms with Crippen LogP contribution < -0.4 is 11.0 Å². The number of H-pyrrole nitrogens is 1. The van der Waals surface area contributed by atoms with Crippen LogP contribution in [0.5, 0.6) is 0 Å². The fraction of sp³-hybridized carbons (Fsp3) is 0.333. The minimum atomic E-state index is -0.442. The van der Waals surface area contributed by atoms with Gasteiger partial charge in [0, 0.05) is 18.0 Å². The van der Waals surface area contributed by atoms with Crippen LogP contribution in [0.2, 0.25) is 5.02 Å². The first-order valence-corrected chi connectivity index (χ1v) is 10.8. The molecule has 0 unspecified atom stereocenters. The Labute approximate surface area is 185 Å². The highest BCUT2D eigenvalue weighted by Crippen LogP contribution is 2.28. The Morgan fingerprint density at radius 3 is 2.81 bits per heavy atom. The molecule has 0 radical (unpaired) electrons. The van der Waals surface area contributed by atoms with Crippen molar-refractivity contribution in [1.29, 1.82) is 0 Å². The molecule has 0 amide bonds. The van der Waals surface area contributed by atoms with E-state index in [1.807, 2.05) is 12.1 Å². The normalized spacial score (nSPS) is 13.3. The second kappa shape index (κ2) is 9.09. The number of aromatic amines is 1. The van der Waals surface area contributed by atoms with Crippen molar-refractivity contribution in [3.05, 3.63) is 68.8 Å². The average molecular weight is 439 g/mol. The molecule has 0 aliphatic heterocycles. The highest BCUT2D eigenvalue weighted by molar-refractivity contribution is 6.32. The highest BCUT2D eigenvalue weighted by Gasteiger charge is 2.18. The van der Waals surface area contributed by atoms with Crippen LogP contribution in [0.1, 0.15) is 37.8 Å². The summed E-state index contributed by atoms with van der Waals surface area (Å²) in [5.41, 5.74) is 1.84. The van der Waals surface area contributed by atoms with E-state index < -0.39 is 11.5 Å². The van der Waals surface area contributed by atoms with Gasteiger partial charge >= 0.3 is 5.69 Å². The van der Waals surface area contributed by atoms with Gasteiger partial charge in [0.2, 0.25) is 0 Å². The molecule has 1 heterocycles. The van der Waals surface area contributed by atoms with Crippen molar-refractivity contribution in [2.75, 3.05) is 6.54 Å². The maximum absolute atomic E-state index is 14.5. The Morgan fingerprint density at radius 2 is 2.10 bits per heavy atom. The smallest absolute Gasteiger partial charge is 0.312 e. The second-order valence-electron chi connectivity index (χ2n) is 8.24. The largest absolute Gasteiger partial charge is 0.348 e. The predicted molar refractivity (Wildman–Crippen MR) is 121 cm³/mol. The van der Waals surface area contributed by atoms with Crippen LogP contribution in [0.4, 0.5) is 4.39 Å². The number of aromatic nitrogens is 3. The highest BCUT2D eigenvalue weighted by atomic mass is 35.5. The number of halogens is 2. The van der Waals surface area contributed by atoms with Crippen LogP contribution in [0.15, 0.2) is 41.2 Å². The quantitative estimate of drug-likeness (QED) is 0.556. The van der Waals surface area contributed by atoms with Gasteiger partial charge in [0.1, 0.15) is 5.82 Å². The first-order chi connectivity index (χ1) is 14.9. The molecule has 4 rings (SSSR count). The van der Waals surface area contributed by atoms with Crippen molar-refractivity contribution in [2.24, 2.45) is 11.8 Å². The fourth-order valence-corrected chi connectivity index (χ4v) is 3.32. The molecule has 0 spiro atoms. The van der Waals surface area contributed by atoms with E-state index in [4.69, 9.17) is 11.6 Å². The monoisotopic (exact) mass is 438 g/mol. The molecule has 0 saturated heterocycles. The molecule has 7 heteroatoms. The molecule has 2 N–H and O–H groups in total. The summed E-state index contributed by atoms with van der Waals surface area (Å²) in [6.45, 7) is 5.82. The van der Waals surface area contributed by atoms with Gasteiger partial charge in [0.25, 0.3) is 0 Å². The molecule has 1 aliphatic rings. The van der Waals surface area contributed by atoms with Gasteiger partial charge in [-0.25, -0.2) is 9.18 Å². The minimum Gasteiger partial charge on any atom is -0.312 e. The van der Waals surface area contributed by atoms with Crippen molar-refractivity contribution in [3.63, 3.8) is 0 Å². The molecule has 160 valence electrons. The van der Waals surface area contributed by atoms with Crippen LogP contribution in [0.25, 0.3) is 17.1 Å². The molecule has 1 aromatic heterocycles. The molecule has 5 nitrogen and oxygen atoms in total. The summed E-state index contributed by atoms with van der Waals surface area (Å²) in [6.07, 6.45) is 2.17. The van der Waals surface area contributed by atoms with Gasteiger partial charge in [-0.1, -0.05) is 43.4 Å². The predicted octanol–water partition coefficient (Wildman–Crippen LogP) is 4.53. The maximum atomic E-state index is 14.5. The lowest BCUT2D eigenvalue weighted by molar-refractivity contribution is 0.552. The van der Waals surface area contributed by atoms with E-state index >= 15 is 0 Å². The molecular weight excluding hydrogens is 415 g/mol. The zero-order valence-electron chi connectivity index (χ0n) is 17.5. The number of rotatable bonds is 6. The van der Waals surface area contributed by atoms with Crippen LogP contribution in [0.3, 0.4) is 0 Å². The Balaban J connectivity index is 1.60. The SMILES string of the molecule is CC(C)CNCc1ccc(Cl)c(-n2nc(-c3ccc(C#CC4CC4)c(F)c3)[nH]c2=O)c1. The van der Waals surface area contributed by atoms with Gasteiger partial charge in [0.05, 0.1) is 16.3 Å². The minimum absolute atomic E-state index is 0.269. The van der Waals surface area contributed by atoms with Gasteiger partial charge in [-0.2, -0.15) is 4.68 Å². The van der Waals surface area contributed by atoms with E-state index in [1.165, 1.54) is 10.7 Å². The Morgan fingerprint density at radius 1 is 1.29 bits per heavy atom. The van der Waals surface area contributed by atoms with Crippen molar-refractivity contribution in [1.82, 2.24) is 20.1 Å². The first-order valence-electron chi connectivity index (χ1n) is 10.4. The first kappa shape index (κ1) is 21.4. The van der Waals surface area contributed by atoms with Crippen molar-refractivity contribution >= 4 is 11.6 Å². The standard InChI is InChI=1S/C24H24ClFN4O/c1-15(2)13-27-14-17-6-10-20(25)22(11-17)30-24(31)28-23(29-30)19-9-8-18(21(26)12-19)7-5-16-3-4-16/h6,8-12,15-16,27H,3-4,13-14H2,1-2H3,(H,28,29,31). The van der Waals surface area contributed by atoms with E-state index in [0.29, 0.717) is 40.2 Å². The van der Waals surface area contributed by atoms with Crippen LogP contribution >= 0.6 is 11.6 Å². The fourth-order valence-electron chi connectivity index (χ4n) is 3.12. The summed E-state index contributed by atoms with van der Waals surface area (Å²) in [4.78, 5) is 15.3. The van der Waals surface area contributed by atoms with E-state index in [9.17, 15) is 9.18 Å². The molecule has 1 fully saturated rings. The van der Waals surface area contributed by atoms with Crippen LogP contribution in [0, 0.1) is 29.5 Å². The zero-order chi connectivity index (χ0) is 22.0. The third-order valence-electron chi connectivity index (χ3n) is 4.97. The summed E-state index contributed by atoms with van der Waals surface area (Å²) in [7, 11) is 0. The summed E-state index contributed by atoms with van der Waals surface area (Å²) >= 11 is 6.34. The summed E-state index contributed by atoms with van der Waals surface area (Å²) in [5.74, 6) is 6.71. The van der Waals surface area contributed by atoms with Gasteiger partial charge < -0.3 is 5.32 Å². The third-order valence-corrected chi connectivity index (χ3v) is 5.29. The van der Waals surface area contributed by atoms with Crippen molar-refractivity contribution in [3.8, 4) is 28.9 Å². The van der Waals surface area contributed by atoms with E-state index in [1.54, 1.807) is 18.2 Å². The molecule has 0 bridgehead atoms. The number of nitrogens with zero attached hydrogens (tertiary/aromatic N) is 2. The van der Waals surface area contributed by atoms with E-state index in [0.717, 1.165) is 24.9 Å². The van der Waals surface area contributed by atoms with Gasteiger partial charge in [0.15, 0.2) is 5.82 Å². The van der Waals surface area contributed by atoms with E-state index in [-0.39, 0.29) is 5.82 Å². The maximum Gasteiger partial charge on any atom is 0.348 e. The molecule has 1 aliphatic carbocycles. The van der Waals surface area contributed by atoms with Gasteiger partial charge in [-0.05, 0) is 61.2 Å². The summed E-state index contributed by atoms with van der Waals surface area (Å²) < 4.78 is 15.7. The summed E-state index contributed by atoms with van der Waals surface area (Å²) in [6, 6.07) is 10.2. The molecule has 0 atom stereocenters. The van der Waals surface area contributed by atoms with Crippen LogP contribution in [-0.2, 0) is 6.54 Å². The Hall–Kier alpha value is -2.88. The number of hydrogen-bond donors (Lipinski definition) is 2. The van der Waals surface area contributed by atoms with Crippen LogP contribution in [-0.4, -0.2) is 21.3 Å². The van der Waals surface area contributed by atoms with Gasteiger partial charge in [-0.3, -0.25) is 4.98 Å². The molecule has 3 aromatic rings. The second-order valence-corrected chi connectivity index (χ2v) is 8.65. The topological polar surface area (TPSA) is 62.7 Å². The lowest BCUT2D eigenvalue weighted by Crippen LogP contribution is -2.20. The lowest BCUT2D eigenvalue weighted by Gasteiger charge is -2.09. The number of nitrogens with one attached hydrogen (secondary N) is 2. The molecule has 31 heavy (non-hydrogen) atoms. The van der Waals surface area contributed by atoms with Crippen molar-refractivity contribution < 1.29 is 4.39 Å². The molecule has 2 aromatic carbocycles. The molecular formula is C24H24ClFN4O. The number of hydrogen-bond acceptors (Lipinski definition) is 3. The Kier molecular flexibility index (Phi) is 6.26. The zero-order valence-corrected chi connectivity index (χ0v) is 18.3. The number of benzene rings is 2. The average Bonchev–Trinajstić information content (AvgIpc) is 3.48. The Bertz CT molecular complexity index is 1210. The third kappa shape index (κ3) is 5.25.